The summed E-state index contributed by atoms with van der Waals surface area (Å²) < 4.78 is 26.2. The van der Waals surface area contributed by atoms with Crippen LogP contribution >= 0.6 is 0 Å². The molecule has 0 bridgehead atoms. The van der Waals surface area contributed by atoms with E-state index in [1.807, 2.05) is 37.4 Å². The first-order valence-electron chi connectivity index (χ1n) is 11.8. The van der Waals surface area contributed by atoms with Crippen LogP contribution < -0.4 is 9.47 Å². The summed E-state index contributed by atoms with van der Waals surface area (Å²) in [6, 6.07) is 13.0. The number of aromatic nitrogens is 2. The first kappa shape index (κ1) is 20.5. The highest BCUT2D eigenvalue weighted by atomic mass is 19.1. The summed E-state index contributed by atoms with van der Waals surface area (Å²) in [6.07, 6.45) is 5.32. The number of fused-ring (bicyclic) bond motifs is 4. The molecule has 33 heavy (non-hydrogen) atoms. The SMILES string of the molecule is Cc1ccc2c3c(ccc2n1)OCC(CN1CCC(Cc2c[nH]c4ccc(F)cc24)CC1)O3. The van der Waals surface area contributed by atoms with Crippen molar-refractivity contribution in [3.8, 4) is 11.5 Å². The number of aryl methyl sites for hydroxylation is 1. The topological polar surface area (TPSA) is 50.4 Å². The average molecular weight is 446 g/mol. The molecule has 0 saturated carbocycles. The minimum atomic E-state index is -0.173. The van der Waals surface area contributed by atoms with Gasteiger partial charge in [0.25, 0.3) is 0 Å². The van der Waals surface area contributed by atoms with Gasteiger partial charge >= 0.3 is 0 Å². The van der Waals surface area contributed by atoms with Gasteiger partial charge in [-0.3, -0.25) is 9.88 Å². The second-order valence-electron chi connectivity index (χ2n) is 9.41. The smallest absolute Gasteiger partial charge is 0.171 e. The third-order valence-corrected chi connectivity index (χ3v) is 7.04. The molecular formula is C27H28FN3O2. The molecule has 170 valence electrons. The van der Waals surface area contributed by atoms with Crippen molar-refractivity contribution in [1.29, 1.82) is 0 Å². The van der Waals surface area contributed by atoms with Gasteiger partial charge in [0.1, 0.15) is 18.5 Å². The van der Waals surface area contributed by atoms with E-state index in [-0.39, 0.29) is 11.9 Å². The van der Waals surface area contributed by atoms with Crippen molar-refractivity contribution in [2.24, 2.45) is 5.92 Å². The highest BCUT2D eigenvalue weighted by Crippen LogP contribution is 2.38. The highest BCUT2D eigenvalue weighted by Gasteiger charge is 2.28. The first-order valence-corrected chi connectivity index (χ1v) is 11.8. The largest absolute Gasteiger partial charge is 0.486 e. The van der Waals surface area contributed by atoms with Crippen LogP contribution in [0.3, 0.4) is 0 Å². The molecule has 1 fully saturated rings. The zero-order valence-electron chi connectivity index (χ0n) is 18.8. The van der Waals surface area contributed by atoms with E-state index in [0.29, 0.717) is 12.5 Å². The van der Waals surface area contributed by atoms with Crippen molar-refractivity contribution >= 4 is 21.8 Å². The third-order valence-electron chi connectivity index (χ3n) is 7.04. The summed E-state index contributed by atoms with van der Waals surface area (Å²) in [5.74, 6) is 2.06. The maximum absolute atomic E-state index is 13.7. The molecule has 1 unspecified atom stereocenters. The van der Waals surface area contributed by atoms with Crippen molar-refractivity contribution in [1.82, 2.24) is 14.9 Å². The molecule has 2 aromatic heterocycles. The second kappa shape index (κ2) is 8.34. The third kappa shape index (κ3) is 4.04. The lowest BCUT2D eigenvalue weighted by atomic mass is 9.90. The Kier molecular flexibility index (Phi) is 5.18. The number of likely N-dealkylation sites (tertiary alicyclic amines) is 1. The van der Waals surface area contributed by atoms with Gasteiger partial charge in [0, 0.05) is 34.7 Å². The fraction of sp³-hybridized carbons (Fsp3) is 0.370. The van der Waals surface area contributed by atoms with E-state index >= 15 is 0 Å². The van der Waals surface area contributed by atoms with E-state index in [0.717, 1.165) is 77.9 Å². The van der Waals surface area contributed by atoms with Gasteiger partial charge in [0.2, 0.25) is 0 Å². The molecule has 5 nitrogen and oxygen atoms in total. The molecule has 4 aromatic rings. The van der Waals surface area contributed by atoms with Gasteiger partial charge in [-0.1, -0.05) is 0 Å². The Morgan fingerprint density at radius 2 is 1.97 bits per heavy atom. The van der Waals surface area contributed by atoms with Gasteiger partial charge in [-0.25, -0.2) is 4.39 Å². The van der Waals surface area contributed by atoms with Crippen LogP contribution in [0.15, 0.2) is 48.7 Å². The Labute approximate surface area is 192 Å². The van der Waals surface area contributed by atoms with Crippen LogP contribution in [0, 0.1) is 18.7 Å². The molecular weight excluding hydrogens is 417 g/mol. The van der Waals surface area contributed by atoms with Gasteiger partial charge in [-0.05, 0) is 93.2 Å². The molecule has 0 aliphatic carbocycles. The number of benzene rings is 2. The van der Waals surface area contributed by atoms with E-state index in [4.69, 9.17) is 9.47 Å². The number of hydrogen-bond acceptors (Lipinski definition) is 4. The van der Waals surface area contributed by atoms with Crippen LogP contribution in [0.4, 0.5) is 4.39 Å². The molecule has 1 atom stereocenters. The molecule has 6 rings (SSSR count). The monoisotopic (exact) mass is 445 g/mol. The Balaban J connectivity index is 1.08. The lowest BCUT2D eigenvalue weighted by Gasteiger charge is -2.36. The van der Waals surface area contributed by atoms with Gasteiger partial charge in [-0.2, -0.15) is 0 Å². The fourth-order valence-corrected chi connectivity index (χ4v) is 5.26. The minimum absolute atomic E-state index is 0.0116. The van der Waals surface area contributed by atoms with Crippen molar-refractivity contribution in [3.63, 3.8) is 0 Å². The van der Waals surface area contributed by atoms with Crippen LogP contribution in [0.25, 0.3) is 21.8 Å². The second-order valence-corrected chi connectivity index (χ2v) is 9.41. The number of pyridine rings is 1. The number of rotatable bonds is 4. The lowest BCUT2D eigenvalue weighted by Crippen LogP contribution is -2.44. The van der Waals surface area contributed by atoms with Crippen molar-refractivity contribution in [3.05, 3.63) is 65.7 Å². The molecule has 0 amide bonds. The molecule has 2 aliphatic heterocycles. The highest BCUT2D eigenvalue weighted by molar-refractivity contribution is 5.88. The minimum Gasteiger partial charge on any atom is -0.486 e. The zero-order valence-corrected chi connectivity index (χ0v) is 18.8. The van der Waals surface area contributed by atoms with Gasteiger partial charge in [0.05, 0.1) is 5.52 Å². The predicted molar refractivity (Wildman–Crippen MR) is 128 cm³/mol. The van der Waals surface area contributed by atoms with Gasteiger partial charge in [-0.15, -0.1) is 0 Å². The molecule has 4 heterocycles. The summed E-state index contributed by atoms with van der Waals surface area (Å²) in [4.78, 5) is 10.4. The summed E-state index contributed by atoms with van der Waals surface area (Å²) in [7, 11) is 0. The van der Waals surface area contributed by atoms with Gasteiger partial charge in [0.15, 0.2) is 11.5 Å². The number of nitrogens with zero attached hydrogens (tertiary/aromatic N) is 2. The first-order chi connectivity index (χ1) is 16.1. The normalized spacial score (nSPS) is 19.4. The summed E-state index contributed by atoms with van der Waals surface area (Å²) in [5.41, 5.74) is 4.17. The number of halogens is 1. The van der Waals surface area contributed by atoms with Crippen molar-refractivity contribution in [2.45, 2.75) is 32.3 Å². The molecule has 1 saturated heterocycles. The Bertz CT molecular complexity index is 1310. The quantitative estimate of drug-likeness (QED) is 0.466. The number of ether oxygens (including phenoxy) is 2. The van der Waals surface area contributed by atoms with E-state index in [9.17, 15) is 4.39 Å². The molecule has 0 spiro atoms. The van der Waals surface area contributed by atoms with E-state index < -0.39 is 0 Å². The number of nitrogens with one attached hydrogen (secondary N) is 1. The average Bonchev–Trinajstić information content (AvgIpc) is 3.21. The maximum atomic E-state index is 13.7. The van der Waals surface area contributed by atoms with E-state index in [2.05, 4.69) is 20.9 Å². The number of H-pyrrole nitrogens is 1. The Morgan fingerprint density at radius 1 is 1.09 bits per heavy atom. The van der Waals surface area contributed by atoms with E-state index in [1.165, 1.54) is 11.6 Å². The molecule has 6 heteroatoms. The zero-order chi connectivity index (χ0) is 22.4. The van der Waals surface area contributed by atoms with Gasteiger partial charge < -0.3 is 14.5 Å². The summed E-state index contributed by atoms with van der Waals surface area (Å²) in [5, 5.41) is 2.03. The predicted octanol–water partition coefficient (Wildman–Crippen LogP) is 5.26. The Morgan fingerprint density at radius 3 is 2.85 bits per heavy atom. The van der Waals surface area contributed by atoms with Crippen molar-refractivity contribution < 1.29 is 13.9 Å². The number of hydrogen-bond donors (Lipinski definition) is 1. The van der Waals surface area contributed by atoms with Crippen LogP contribution in [0.2, 0.25) is 0 Å². The van der Waals surface area contributed by atoms with Crippen molar-refractivity contribution in [2.75, 3.05) is 26.2 Å². The lowest BCUT2D eigenvalue weighted by molar-refractivity contribution is 0.0492. The maximum Gasteiger partial charge on any atom is 0.171 e. The molecule has 2 aliphatic rings. The number of piperidine rings is 1. The molecule has 1 N–H and O–H groups in total. The fourth-order valence-electron chi connectivity index (χ4n) is 5.26. The molecule has 2 aromatic carbocycles. The summed E-state index contributed by atoms with van der Waals surface area (Å²) in [6.45, 7) is 5.52. The summed E-state index contributed by atoms with van der Waals surface area (Å²) >= 11 is 0. The standard InChI is InChI=1S/C27H28FN3O2/c1-17-2-4-22-25(30-17)6-7-26-27(22)33-21(16-32-26)15-31-10-8-18(9-11-31)12-19-14-29-24-5-3-20(28)13-23(19)24/h2-7,13-14,18,21,29H,8-12,15-16H2,1H3. The molecule has 0 radical (unpaired) electrons. The Hall–Kier alpha value is -3.12. The van der Waals surface area contributed by atoms with Crippen LogP contribution in [0.1, 0.15) is 24.1 Å². The van der Waals surface area contributed by atoms with Crippen LogP contribution in [0.5, 0.6) is 11.5 Å². The van der Waals surface area contributed by atoms with Crippen LogP contribution in [-0.2, 0) is 6.42 Å². The number of aromatic amines is 1. The van der Waals surface area contributed by atoms with E-state index in [1.54, 1.807) is 6.07 Å². The van der Waals surface area contributed by atoms with Crippen LogP contribution in [-0.4, -0.2) is 47.2 Å².